The Balaban J connectivity index is 0.00000625. The van der Waals surface area contributed by atoms with Crippen molar-refractivity contribution in [1.29, 1.82) is 0 Å². The van der Waals surface area contributed by atoms with Crippen LogP contribution in [0.5, 0.6) is 0 Å². The molecule has 0 fully saturated rings. The van der Waals surface area contributed by atoms with Gasteiger partial charge in [0.25, 0.3) is 0 Å². The van der Waals surface area contributed by atoms with Crippen molar-refractivity contribution in [2.24, 2.45) is 0 Å². The van der Waals surface area contributed by atoms with E-state index in [1.807, 2.05) is 6.20 Å². The van der Waals surface area contributed by atoms with Crippen LogP contribution >= 0.6 is 0 Å². The fourth-order valence-electron chi connectivity index (χ4n) is 9.35. The molecule has 0 amide bonds. The van der Waals surface area contributed by atoms with Gasteiger partial charge in [0.2, 0.25) is 0 Å². The van der Waals surface area contributed by atoms with Gasteiger partial charge in [-0.25, -0.2) is 4.98 Å². The molecule has 1 aliphatic rings. The molecule has 0 saturated heterocycles. The van der Waals surface area contributed by atoms with Crippen molar-refractivity contribution in [3.63, 3.8) is 0 Å². The molecule has 0 bridgehead atoms. The Morgan fingerprint density at radius 3 is 1.68 bits per heavy atom. The first kappa shape index (κ1) is 48.8. The van der Waals surface area contributed by atoms with Gasteiger partial charge in [0.05, 0.1) is 0 Å². The van der Waals surface area contributed by atoms with Crippen LogP contribution in [-0.4, -0.2) is 16.6 Å². The van der Waals surface area contributed by atoms with Crippen LogP contribution in [0.4, 0.5) is 34.1 Å². The molecule has 0 spiro atoms. The number of rotatable bonds is 7. The van der Waals surface area contributed by atoms with E-state index in [2.05, 4.69) is 269 Å². The van der Waals surface area contributed by atoms with Crippen molar-refractivity contribution in [3.05, 3.63) is 186 Å². The van der Waals surface area contributed by atoms with Gasteiger partial charge in [-0.05, 0) is 103 Å². The minimum Gasteiger partial charge on any atom is -0.493 e. The minimum absolute atomic E-state index is 0. The van der Waals surface area contributed by atoms with Gasteiger partial charge in [0.15, 0.2) is 0 Å². The summed E-state index contributed by atoms with van der Waals surface area (Å²) in [6, 6.07) is 54.9. The summed E-state index contributed by atoms with van der Waals surface area (Å²) in [7, 11) is 2.12. The normalized spacial score (nSPS) is 13.6. The number of aromatic nitrogens is 2. The molecule has 6 heteroatoms. The molecule has 0 N–H and O–H groups in total. The van der Waals surface area contributed by atoms with Crippen LogP contribution in [-0.2, 0) is 48.1 Å². The quantitative estimate of drug-likeness (QED) is 0.149. The molecule has 3 heterocycles. The fourth-order valence-corrected chi connectivity index (χ4v) is 9.35. The predicted molar refractivity (Wildman–Crippen MR) is 286 cm³/mol. The average Bonchev–Trinajstić information content (AvgIpc) is 3.83. The molecule has 354 valence electrons. The van der Waals surface area contributed by atoms with Crippen molar-refractivity contribution in [3.8, 4) is 5.82 Å². The molecule has 1 aliphatic heterocycles. The van der Waals surface area contributed by atoms with E-state index in [9.17, 15) is 0 Å². The predicted octanol–water partition coefficient (Wildman–Crippen LogP) is 16.5. The maximum Gasteiger partial charge on any atom is 0.135 e. The summed E-state index contributed by atoms with van der Waals surface area (Å²) in [4.78, 5) is 11.9. The Hall–Kier alpha value is -5.64. The van der Waals surface area contributed by atoms with Crippen LogP contribution in [0, 0.1) is 18.8 Å². The zero-order chi connectivity index (χ0) is 48.0. The van der Waals surface area contributed by atoms with Gasteiger partial charge in [-0.2, -0.15) is 12.1 Å². The second-order valence-corrected chi connectivity index (χ2v) is 23.4. The molecule has 0 aliphatic carbocycles. The van der Waals surface area contributed by atoms with E-state index in [-0.39, 0.29) is 48.1 Å². The molecule has 0 unspecified atom stereocenters. The van der Waals surface area contributed by atoms with Gasteiger partial charge in [0, 0.05) is 62.3 Å². The number of pyridine rings is 1. The topological polar surface area (TPSA) is 27.5 Å². The van der Waals surface area contributed by atoms with Crippen LogP contribution in [0.2, 0.25) is 0 Å². The Kier molecular flexibility index (Phi) is 12.5. The monoisotopic (exact) mass is 1080 g/mol. The number of benzene rings is 6. The maximum absolute atomic E-state index is 5.09. The third kappa shape index (κ3) is 9.04. The third-order valence-electron chi connectivity index (χ3n) is 14.0. The third-order valence-corrected chi connectivity index (χ3v) is 14.0. The molecule has 0 atom stereocenters. The minimum atomic E-state index is -0.252. The number of anilines is 6. The number of para-hydroxylation sites is 2. The number of hydrogen-bond acceptors (Lipinski definition) is 4. The van der Waals surface area contributed by atoms with Crippen molar-refractivity contribution in [1.82, 2.24) is 9.55 Å². The van der Waals surface area contributed by atoms with Crippen LogP contribution in [0.3, 0.4) is 0 Å². The molecule has 0 radical (unpaired) electrons. The summed E-state index contributed by atoms with van der Waals surface area (Å²) >= 11 is 0. The van der Waals surface area contributed by atoms with Crippen molar-refractivity contribution in [2.75, 3.05) is 21.7 Å². The Bertz CT molecular complexity index is 3110. The van der Waals surface area contributed by atoms with E-state index in [0.29, 0.717) is 0 Å². The zero-order valence-electron chi connectivity index (χ0n) is 42.8. The first-order valence-corrected chi connectivity index (χ1v) is 23.9. The van der Waals surface area contributed by atoms with Gasteiger partial charge in [-0.15, -0.1) is 48.1 Å². The molecule has 8 aromatic rings. The second kappa shape index (κ2) is 17.4. The molecular weight excluding hydrogens is 1010 g/mol. The van der Waals surface area contributed by atoms with E-state index in [1.165, 1.54) is 38.8 Å². The van der Waals surface area contributed by atoms with Gasteiger partial charge in [-0.1, -0.05) is 168 Å². The van der Waals surface area contributed by atoms with Crippen LogP contribution < -0.4 is 14.7 Å². The van der Waals surface area contributed by atoms with Gasteiger partial charge in [-0.3, -0.25) is 0 Å². The van der Waals surface area contributed by atoms with Gasteiger partial charge < -0.3 is 19.3 Å². The Morgan fingerprint density at radius 2 is 1.06 bits per heavy atom. The van der Waals surface area contributed by atoms with Gasteiger partial charge in [0.1, 0.15) is 5.82 Å². The first-order chi connectivity index (χ1) is 31.4. The first-order valence-electron chi connectivity index (χ1n) is 23.9. The fraction of sp³-hybridized carbons (Fsp3) is 0.323. The van der Waals surface area contributed by atoms with E-state index >= 15 is 0 Å². The molecule has 68 heavy (non-hydrogen) atoms. The summed E-state index contributed by atoms with van der Waals surface area (Å²) in [5, 5.41) is 2.34. The van der Waals surface area contributed by atoms with Crippen LogP contribution in [0.15, 0.2) is 134 Å². The summed E-state index contributed by atoms with van der Waals surface area (Å²) in [6.07, 6.45) is 1.97. The summed E-state index contributed by atoms with van der Waals surface area (Å²) < 4.78 is 2.31. The van der Waals surface area contributed by atoms with Crippen LogP contribution in [0.25, 0.3) is 27.6 Å². The summed E-state index contributed by atoms with van der Waals surface area (Å²) in [5.41, 5.74) is 16.0. The zero-order valence-corrected chi connectivity index (χ0v) is 45.1. The SMILES string of the molecule is CN(c1[c-]c(N2[CH-]N(c3cc(C(C)(C)C)cc(C(C)(C)C)c3)c3ccccc32)ccc1)c1[c-]c2c(cc1)c1cc(C(C)(C)C)ccc1n2-c1cc(C(C)(C)c2ccc(C(C)(C)C)cc2)ccn1.[Pt]. The standard InChI is InChI=1S/C62H68N5.Pt/c1-58(2,3)41-23-25-42(26-24-41)62(13,14)44-31-32-63-57(37-44)67-53-30-27-43(59(4,5)6)36-52(53)51-29-28-48(39-56(51)67)64(15)47-19-18-20-49(38-47)65-40-66(55-22-17-16-21-54(55)65)50-34-45(60(7,8)9)33-46(35-50)61(10,11)12;/h16-37,40H,1-15H3;/q-3;. The molecule has 2 aromatic heterocycles. The molecule has 5 nitrogen and oxygen atoms in total. The molecular formula is C62H68N5Pt-3. The van der Waals surface area contributed by atoms with E-state index < -0.39 is 0 Å². The van der Waals surface area contributed by atoms with E-state index in [4.69, 9.17) is 4.98 Å². The van der Waals surface area contributed by atoms with E-state index in [0.717, 1.165) is 56.4 Å². The summed E-state index contributed by atoms with van der Waals surface area (Å²) in [5.74, 6) is 0.875. The van der Waals surface area contributed by atoms with Crippen molar-refractivity contribution < 1.29 is 21.1 Å². The van der Waals surface area contributed by atoms with Crippen molar-refractivity contribution >= 4 is 55.9 Å². The maximum atomic E-state index is 5.09. The summed E-state index contributed by atoms with van der Waals surface area (Å²) in [6.45, 7) is 34.3. The van der Waals surface area contributed by atoms with Gasteiger partial charge >= 0.3 is 0 Å². The Labute approximate surface area is 421 Å². The molecule has 0 saturated carbocycles. The van der Waals surface area contributed by atoms with Crippen molar-refractivity contribution in [2.45, 2.75) is 124 Å². The number of fused-ring (bicyclic) bond motifs is 4. The second-order valence-electron chi connectivity index (χ2n) is 23.4. The van der Waals surface area contributed by atoms with Crippen LogP contribution in [0.1, 0.15) is 130 Å². The smallest absolute Gasteiger partial charge is 0.135 e. The van der Waals surface area contributed by atoms with E-state index in [1.54, 1.807) is 0 Å². The largest absolute Gasteiger partial charge is 0.493 e. The average molecular weight is 1080 g/mol. The molecule has 9 rings (SSSR count). The molecule has 6 aromatic carbocycles. The Morgan fingerprint density at radius 1 is 0.485 bits per heavy atom. The number of nitrogens with zero attached hydrogens (tertiary/aromatic N) is 5. The number of hydrogen-bond donors (Lipinski definition) is 0.